The fraction of sp³-hybridized carbons (Fsp3) is 0.714. The summed E-state index contributed by atoms with van der Waals surface area (Å²) in [5.41, 5.74) is 1.89. The maximum Gasteiger partial charge on any atom is 0.114 e. The summed E-state index contributed by atoms with van der Waals surface area (Å²) in [6, 6.07) is 0.638. The summed E-state index contributed by atoms with van der Waals surface area (Å²) >= 11 is 0. The van der Waals surface area contributed by atoms with Gasteiger partial charge in [0.1, 0.15) is 6.10 Å². The third-order valence-corrected chi connectivity index (χ3v) is 3.94. The van der Waals surface area contributed by atoms with E-state index >= 15 is 0 Å². The van der Waals surface area contributed by atoms with E-state index in [0.717, 1.165) is 57.1 Å². The van der Waals surface area contributed by atoms with Crippen LogP contribution in [0.5, 0.6) is 0 Å². The van der Waals surface area contributed by atoms with Crippen LogP contribution < -0.4 is 0 Å². The molecule has 5 nitrogen and oxygen atoms in total. The Balaban J connectivity index is 1.65. The second-order valence-electron chi connectivity index (χ2n) is 5.28. The van der Waals surface area contributed by atoms with Crippen molar-refractivity contribution in [3.63, 3.8) is 0 Å². The predicted molar refractivity (Wildman–Crippen MR) is 70.9 cm³/mol. The van der Waals surface area contributed by atoms with E-state index in [0.29, 0.717) is 6.04 Å². The van der Waals surface area contributed by atoms with Gasteiger partial charge in [0.2, 0.25) is 0 Å². The molecule has 5 heteroatoms. The number of rotatable bonds is 2. The maximum absolute atomic E-state index is 5.85. The lowest BCUT2D eigenvalue weighted by Crippen LogP contribution is -2.47. The highest BCUT2D eigenvalue weighted by molar-refractivity contribution is 5.05. The quantitative estimate of drug-likeness (QED) is 0.806. The number of morpholine rings is 1. The Bertz CT molecular complexity index is 404. The van der Waals surface area contributed by atoms with Crippen molar-refractivity contribution in [2.45, 2.75) is 31.9 Å². The van der Waals surface area contributed by atoms with Crippen LogP contribution in [-0.2, 0) is 9.47 Å². The normalized spacial score (nSPS) is 26.5. The average molecular weight is 263 g/mol. The van der Waals surface area contributed by atoms with E-state index in [1.54, 1.807) is 0 Å². The number of aromatic nitrogens is 2. The van der Waals surface area contributed by atoms with Crippen LogP contribution in [0.4, 0.5) is 0 Å². The molecule has 0 unspecified atom stereocenters. The minimum atomic E-state index is 0.0599. The molecule has 0 amide bonds. The Morgan fingerprint density at radius 1 is 1.16 bits per heavy atom. The van der Waals surface area contributed by atoms with E-state index < -0.39 is 0 Å². The Hall–Kier alpha value is -1.04. The van der Waals surface area contributed by atoms with Crippen LogP contribution in [0.3, 0.4) is 0 Å². The van der Waals surface area contributed by atoms with Gasteiger partial charge in [0.25, 0.3) is 0 Å². The van der Waals surface area contributed by atoms with E-state index in [1.807, 2.05) is 19.3 Å². The molecule has 3 rings (SSSR count). The molecule has 0 radical (unpaired) electrons. The zero-order chi connectivity index (χ0) is 13.1. The van der Waals surface area contributed by atoms with Gasteiger partial charge < -0.3 is 9.47 Å². The molecule has 3 heterocycles. The Morgan fingerprint density at radius 2 is 2.00 bits per heavy atom. The van der Waals surface area contributed by atoms with Crippen LogP contribution in [0.15, 0.2) is 12.4 Å². The molecule has 1 aromatic heterocycles. The smallest absolute Gasteiger partial charge is 0.114 e. The number of ether oxygens (including phenoxy) is 2. The first kappa shape index (κ1) is 13.0. The first-order valence-electron chi connectivity index (χ1n) is 7.05. The minimum absolute atomic E-state index is 0.0599. The van der Waals surface area contributed by atoms with Gasteiger partial charge in [0.05, 0.1) is 24.2 Å². The van der Waals surface area contributed by atoms with Gasteiger partial charge in [-0.05, 0) is 19.8 Å². The Morgan fingerprint density at radius 3 is 2.74 bits per heavy atom. The average Bonchev–Trinajstić information content (AvgIpc) is 2.49. The molecule has 0 saturated carbocycles. The molecular formula is C14H21N3O2. The molecule has 1 atom stereocenters. The molecule has 0 aliphatic carbocycles. The number of nitrogens with zero attached hydrogens (tertiary/aromatic N) is 3. The van der Waals surface area contributed by atoms with Gasteiger partial charge in [-0.2, -0.15) is 0 Å². The van der Waals surface area contributed by atoms with Crippen LogP contribution in [0, 0.1) is 6.92 Å². The molecule has 2 aliphatic rings. The van der Waals surface area contributed by atoms with E-state index in [9.17, 15) is 0 Å². The van der Waals surface area contributed by atoms with Gasteiger partial charge in [0.15, 0.2) is 0 Å². The van der Waals surface area contributed by atoms with Crippen LogP contribution >= 0.6 is 0 Å². The summed E-state index contributed by atoms with van der Waals surface area (Å²) in [7, 11) is 0. The Labute approximate surface area is 113 Å². The van der Waals surface area contributed by atoms with Crippen molar-refractivity contribution in [2.75, 3.05) is 32.9 Å². The fourth-order valence-corrected chi connectivity index (χ4v) is 2.80. The van der Waals surface area contributed by atoms with Gasteiger partial charge in [-0.25, -0.2) is 0 Å². The summed E-state index contributed by atoms with van der Waals surface area (Å²) in [6.45, 7) is 6.43. The van der Waals surface area contributed by atoms with Gasteiger partial charge in [-0.15, -0.1) is 0 Å². The molecule has 104 valence electrons. The van der Waals surface area contributed by atoms with Gasteiger partial charge >= 0.3 is 0 Å². The lowest BCUT2D eigenvalue weighted by Gasteiger charge is -2.39. The molecule has 0 bridgehead atoms. The summed E-state index contributed by atoms with van der Waals surface area (Å²) in [4.78, 5) is 11.3. The molecule has 19 heavy (non-hydrogen) atoms. The van der Waals surface area contributed by atoms with Gasteiger partial charge in [-0.1, -0.05) is 0 Å². The second kappa shape index (κ2) is 5.94. The second-order valence-corrected chi connectivity index (χ2v) is 5.28. The predicted octanol–water partition coefficient (Wildman–Crippen LogP) is 1.34. The van der Waals surface area contributed by atoms with Crippen molar-refractivity contribution < 1.29 is 9.47 Å². The summed E-state index contributed by atoms with van der Waals surface area (Å²) < 4.78 is 11.3. The first-order valence-corrected chi connectivity index (χ1v) is 7.05. The minimum Gasteiger partial charge on any atom is -0.381 e. The highest BCUT2D eigenvalue weighted by Crippen LogP contribution is 2.24. The summed E-state index contributed by atoms with van der Waals surface area (Å²) in [5.74, 6) is 0. The SMILES string of the molecule is Cc1cnc([C@@H]2CN(C3CCOCC3)CCO2)cn1. The van der Waals surface area contributed by atoms with Crippen LogP contribution in [0.25, 0.3) is 0 Å². The lowest BCUT2D eigenvalue weighted by molar-refractivity contribution is -0.0648. The molecule has 0 N–H and O–H groups in total. The molecular weight excluding hydrogens is 242 g/mol. The number of hydrogen-bond acceptors (Lipinski definition) is 5. The summed E-state index contributed by atoms with van der Waals surface area (Å²) in [5, 5.41) is 0. The number of hydrogen-bond donors (Lipinski definition) is 0. The molecule has 0 spiro atoms. The van der Waals surface area contributed by atoms with Gasteiger partial charge in [0, 0.05) is 38.5 Å². The molecule has 0 aromatic carbocycles. The Kier molecular flexibility index (Phi) is 4.06. The zero-order valence-corrected chi connectivity index (χ0v) is 11.4. The largest absolute Gasteiger partial charge is 0.381 e. The van der Waals surface area contributed by atoms with Crippen molar-refractivity contribution >= 4 is 0 Å². The monoisotopic (exact) mass is 263 g/mol. The van der Waals surface area contributed by atoms with Crippen molar-refractivity contribution in [2.24, 2.45) is 0 Å². The highest BCUT2D eigenvalue weighted by Gasteiger charge is 2.29. The van der Waals surface area contributed by atoms with E-state index in [1.165, 1.54) is 0 Å². The summed E-state index contributed by atoms with van der Waals surface area (Å²) in [6.07, 6.45) is 5.97. The van der Waals surface area contributed by atoms with Crippen LogP contribution in [0.1, 0.15) is 30.3 Å². The lowest BCUT2D eigenvalue weighted by atomic mass is 10.1. The molecule has 1 aromatic rings. The molecule has 2 fully saturated rings. The van der Waals surface area contributed by atoms with Crippen molar-refractivity contribution in [1.29, 1.82) is 0 Å². The van der Waals surface area contributed by atoms with Crippen molar-refractivity contribution in [3.8, 4) is 0 Å². The standard InChI is InChI=1S/C14H21N3O2/c1-11-8-16-13(9-15-11)14-10-17(4-7-19-14)12-2-5-18-6-3-12/h8-9,12,14H,2-7,10H2,1H3/t14-/m0/s1. The zero-order valence-electron chi connectivity index (χ0n) is 11.4. The van der Waals surface area contributed by atoms with Crippen LogP contribution in [0.2, 0.25) is 0 Å². The van der Waals surface area contributed by atoms with E-state index in [2.05, 4.69) is 14.9 Å². The third kappa shape index (κ3) is 3.11. The third-order valence-electron chi connectivity index (χ3n) is 3.94. The van der Waals surface area contributed by atoms with Crippen LogP contribution in [-0.4, -0.2) is 53.8 Å². The topological polar surface area (TPSA) is 47.5 Å². The van der Waals surface area contributed by atoms with Gasteiger partial charge in [-0.3, -0.25) is 14.9 Å². The number of aryl methyl sites for hydroxylation is 1. The first-order chi connectivity index (χ1) is 9.33. The molecule has 2 aliphatic heterocycles. The fourth-order valence-electron chi connectivity index (χ4n) is 2.80. The van der Waals surface area contributed by atoms with Crippen molar-refractivity contribution in [1.82, 2.24) is 14.9 Å². The molecule has 2 saturated heterocycles. The maximum atomic E-state index is 5.85. The highest BCUT2D eigenvalue weighted by atomic mass is 16.5. The van der Waals surface area contributed by atoms with E-state index in [-0.39, 0.29) is 6.10 Å². The van der Waals surface area contributed by atoms with Crippen molar-refractivity contribution in [3.05, 3.63) is 23.8 Å². The van der Waals surface area contributed by atoms with E-state index in [4.69, 9.17) is 9.47 Å².